The second kappa shape index (κ2) is 8.16. The number of piperazine rings is 1. The molecule has 0 saturated carbocycles. The maximum absolute atomic E-state index is 13.1. The maximum Gasteiger partial charge on any atom is 0.246 e. The lowest BCUT2D eigenvalue weighted by atomic mass is 9.85. The van der Waals surface area contributed by atoms with E-state index in [9.17, 15) is 13.2 Å². The molecule has 2 aromatic rings. The maximum atomic E-state index is 13.1. The van der Waals surface area contributed by atoms with Crippen LogP contribution in [0.3, 0.4) is 0 Å². The Balaban J connectivity index is 1.43. The van der Waals surface area contributed by atoms with Crippen LogP contribution >= 0.6 is 0 Å². The van der Waals surface area contributed by atoms with Gasteiger partial charge in [-0.2, -0.15) is 9.40 Å². The first-order valence-corrected chi connectivity index (χ1v) is 11.8. The van der Waals surface area contributed by atoms with Crippen LogP contribution in [0.2, 0.25) is 0 Å². The molecule has 1 N–H and O–H groups in total. The van der Waals surface area contributed by atoms with Crippen LogP contribution in [0.1, 0.15) is 30.7 Å². The van der Waals surface area contributed by atoms with E-state index in [4.69, 9.17) is 4.74 Å². The van der Waals surface area contributed by atoms with E-state index in [1.807, 2.05) is 24.5 Å². The molecule has 4 heterocycles. The molecular formula is C20H29N5O4S. The number of H-pyrrole nitrogens is 1. The summed E-state index contributed by atoms with van der Waals surface area (Å²) in [7, 11) is -3.62. The van der Waals surface area contributed by atoms with E-state index in [2.05, 4.69) is 14.8 Å². The van der Waals surface area contributed by atoms with E-state index < -0.39 is 10.0 Å². The molecule has 1 amide bonds. The van der Waals surface area contributed by atoms with Crippen LogP contribution in [0.4, 0.5) is 0 Å². The highest BCUT2D eigenvalue weighted by Crippen LogP contribution is 2.34. The first kappa shape index (κ1) is 21.1. The van der Waals surface area contributed by atoms with Crippen molar-refractivity contribution in [3.63, 3.8) is 0 Å². The van der Waals surface area contributed by atoms with Gasteiger partial charge in [-0.25, -0.2) is 8.42 Å². The lowest BCUT2D eigenvalue weighted by Gasteiger charge is -2.41. The highest BCUT2D eigenvalue weighted by atomic mass is 32.2. The van der Waals surface area contributed by atoms with Crippen LogP contribution in [0.5, 0.6) is 0 Å². The molecule has 0 spiro atoms. The number of aromatic nitrogens is 3. The van der Waals surface area contributed by atoms with Crippen molar-refractivity contribution in [3.05, 3.63) is 35.9 Å². The zero-order chi connectivity index (χ0) is 21.4. The number of aromatic amines is 1. The largest absolute Gasteiger partial charge is 0.381 e. The molecular weight excluding hydrogens is 406 g/mol. The predicted octanol–water partition coefficient (Wildman–Crippen LogP) is 1.26. The molecule has 2 saturated heterocycles. The minimum absolute atomic E-state index is 0.0679. The number of ether oxygens (including phenoxy) is 1. The summed E-state index contributed by atoms with van der Waals surface area (Å²) in [5.41, 5.74) is 0.742. The average molecular weight is 436 g/mol. The van der Waals surface area contributed by atoms with Gasteiger partial charge in [-0.1, -0.05) is 0 Å². The normalized spacial score (nSPS) is 20.4. The summed E-state index contributed by atoms with van der Waals surface area (Å²) in [5.74, 6) is 0.0679. The Kier molecular flexibility index (Phi) is 5.73. The lowest BCUT2D eigenvalue weighted by molar-refractivity contribution is -0.136. The third-order valence-electron chi connectivity index (χ3n) is 6.31. The molecule has 2 aliphatic rings. The number of carbonyl (C=O) groups is 1. The number of aryl methyl sites for hydroxylation is 2. The van der Waals surface area contributed by atoms with Crippen LogP contribution < -0.4 is 0 Å². The number of nitrogens with zero attached hydrogens (tertiary/aromatic N) is 4. The van der Waals surface area contributed by atoms with E-state index in [-0.39, 0.29) is 29.4 Å². The highest BCUT2D eigenvalue weighted by Gasteiger charge is 2.39. The summed E-state index contributed by atoms with van der Waals surface area (Å²) < 4.78 is 35.2. The van der Waals surface area contributed by atoms with E-state index in [0.717, 1.165) is 12.8 Å². The van der Waals surface area contributed by atoms with Gasteiger partial charge in [0.1, 0.15) is 4.90 Å². The fraction of sp³-hybridized carbons (Fsp3) is 0.600. The third kappa shape index (κ3) is 3.79. The van der Waals surface area contributed by atoms with Gasteiger partial charge in [0, 0.05) is 51.8 Å². The Labute approximate surface area is 177 Å². The summed E-state index contributed by atoms with van der Waals surface area (Å²) >= 11 is 0. The van der Waals surface area contributed by atoms with Crippen LogP contribution in [-0.2, 0) is 25.1 Å². The lowest BCUT2D eigenvalue weighted by Crippen LogP contribution is -2.52. The van der Waals surface area contributed by atoms with Crippen molar-refractivity contribution in [2.24, 2.45) is 0 Å². The quantitative estimate of drug-likeness (QED) is 0.762. The molecule has 2 fully saturated rings. The van der Waals surface area contributed by atoms with Gasteiger partial charge in [0.15, 0.2) is 0 Å². The van der Waals surface area contributed by atoms with Crippen LogP contribution in [0.15, 0.2) is 29.4 Å². The van der Waals surface area contributed by atoms with Crippen LogP contribution in [0.25, 0.3) is 0 Å². The predicted molar refractivity (Wildman–Crippen MR) is 110 cm³/mol. The van der Waals surface area contributed by atoms with Gasteiger partial charge < -0.3 is 14.2 Å². The molecule has 2 aromatic heterocycles. The standard InChI is InChI=1S/C20H29N5O4S/c1-16-19(17(2)22-21-16)30(27,28)25-11-9-23(10-12-25)18(26)15-20(5-13-29-14-6-20)24-7-3-4-8-24/h3-4,7-8H,5-6,9-15H2,1-2H3,(H,21,22). The van der Waals surface area contributed by atoms with Crippen LogP contribution in [0, 0.1) is 13.8 Å². The van der Waals surface area contributed by atoms with Crippen molar-refractivity contribution >= 4 is 15.9 Å². The SMILES string of the molecule is Cc1n[nH]c(C)c1S(=O)(=O)N1CCN(C(=O)CC2(n3cccc3)CCOCC2)CC1. The molecule has 9 nitrogen and oxygen atoms in total. The summed E-state index contributed by atoms with van der Waals surface area (Å²) in [4.78, 5) is 15.2. The van der Waals surface area contributed by atoms with Crippen LogP contribution in [-0.4, -0.2) is 77.7 Å². The topological polar surface area (TPSA) is 101 Å². The van der Waals surface area contributed by atoms with Crippen molar-refractivity contribution in [2.75, 3.05) is 39.4 Å². The number of amides is 1. The summed E-state index contributed by atoms with van der Waals surface area (Å²) in [6.45, 7) is 6.04. The molecule has 0 aliphatic carbocycles. The van der Waals surface area contributed by atoms with Crippen molar-refractivity contribution in [1.82, 2.24) is 24.0 Å². The van der Waals surface area contributed by atoms with E-state index >= 15 is 0 Å². The van der Waals surface area contributed by atoms with Crippen molar-refractivity contribution in [1.29, 1.82) is 0 Å². The second-order valence-corrected chi connectivity index (χ2v) is 10.0. The Bertz CT molecular complexity index is 965. The molecule has 164 valence electrons. The van der Waals surface area contributed by atoms with Gasteiger partial charge in [-0.05, 0) is 38.8 Å². The molecule has 10 heteroatoms. The Morgan fingerprint density at radius 1 is 1.13 bits per heavy atom. The van der Waals surface area contributed by atoms with Crippen molar-refractivity contribution in [3.8, 4) is 0 Å². The van der Waals surface area contributed by atoms with Gasteiger partial charge in [0.25, 0.3) is 0 Å². The average Bonchev–Trinajstić information content (AvgIpc) is 3.39. The summed E-state index contributed by atoms with van der Waals surface area (Å²) in [6, 6.07) is 3.95. The fourth-order valence-corrected chi connectivity index (χ4v) is 6.30. The monoisotopic (exact) mass is 435 g/mol. The number of nitrogens with one attached hydrogen (secondary N) is 1. The zero-order valence-electron chi connectivity index (χ0n) is 17.5. The van der Waals surface area contributed by atoms with Gasteiger partial charge >= 0.3 is 0 Å². The molecule has 0 aromatic carbocycles. The second-order valence-electron chi connectivity index (χ2n) is 8.15. The zero-order valence-corrected chi connectivity index (χ0v) is 18.3. The Hall–Kier alpha value is -2.17. The van der Waals surface area contributed by atoms with E-state index in [0.29, 0.717) is 44.1 Å². The molecule has 4 rings (SSSR count). The highest BCUT2D eigenvalue weighted by molar-refractivity contribution is 7.89. The van der Waals surface area contributed by atoms with Gasteiger partial charge in [0.2, 0.25) is 15.9 Å². The van der Waals surface area contributed by atoms with Gasteiger partial charge in [-0.3, -0.25) is 9.89 Å². The number of carbonyl (C=O) groups excluding carboxylic acids is 1. The smallest absolute Gasteiger partial charge is 0.246 e. The minimum Gasteiger partial charge on any atom is -0.381 e. The Morgan fingerprint density at radius 2 is 1.77 bits per heavy atom. The van der Waals surface area contributed by atoms with Gasteiger partial charge in [-0.15, -0.1) is 0 Å². The number of hydrogen-bond donors (Lipinski definition) is 1. The van der Waals surface area contributed by atoms with E-state index in [1.54, 1.807) is 18.7 Å². The fourth-order valence-electron chi connectivity index (χ4n) is 4.55. The van der Waals surface area contributed by atoms with Crippen molar-refractivity contribution < 1.29 is 17.9 Å². The molecule has 0 atom stereocenters. The number of sulfonamides is 1. The molecule has 0 bridgehead atoms. The minimum atomic E-state index is -3.62. The summed E-state index contributed by atoms with van der Waals surface area (Å²) in [6.07, 6.45) is 6.01. The molecule has 0 radical (unpaired) electrons. The molecule has 30 heavy (non-hydrogen) atoms. The third-order valence-corrected chi connectivity index (χ3v) is 8.47. The van der Waals surface area contributed by atoms with E-state index in [1.165, 1.54) is 4.31 Å². The first-order chi connectivity index (χ1) is 14.3. The summed E-state index contributed by atoms with van der Waals surface area (Å²) in [5, 5.41) is 6.75. The van der Waals surface area contributed by atoms with Gasteiger partial charge in [0.05, 0.1) is 23.3 Å². The molecule has 0 unspecified atom stereocenters. The Morgan fingerprint density at radius 3 is 2.33 bits per heavy atom. The number of rotatable bonds is 5. The first-order valence-electron chi connectivity index (χ1n) is 10.3. The molecule has 2 aliphatic heterocycles. The van der Waals surface area contributed by atoms with Crippen molar-refractivity contribution in [2.45, 2.75) is 43.5 Å². The number of hydrogen-bond acceptors (Lipinski definition) is 5.